The first-order valence-corrected chi connectivity index (χ1v) is 6.14. The Kier molecular flexibility index (Phi) is 4.63. The molecule has 0 amide bonds. The van der Waals surface area contributed by atoms with Gasteiger partial charge in [-0.05, 0) is 36.3 Å². The summed E-state index contributed by atoms with van der Waals surface area (Å²) >= 11 is 7.81. The number of hydrogen-bond donors (Lipinski definition) is 1. The lowest BCUT2D eigenvalue weighted by molar-refractivity contribution is 0.632. The molecule has 0 aromatic heterocycles. The lowest BCUT2D eigenvalue weighted by atomic mass is 10.2. The van der Waals surface area contributed by atoms with Crippen LogP contribution in [0.1, 0.15) is 20.3 Å². The van der Waals surface area contributed by atoms with Gasteiger partial charge in [0.25, 0.3) is 0 Å². The summed E-state index contributed by atoms with van der Waals surface area (Å²) in [7, 11) is 0. The third-order valence-electron chi connectivity index (χ3n) is 1.91. The first-order valence-electron chi connectivity index (χ1n) is 4.77. The molecule has 0 radical (unpaired) electrons. The summed E-state index contributed by atoms with van der Waals surface area (Å²) in [5.74, 6) is 1.84. The topological polar surface area (TPSA) is 26.0 Å². The van der Waals surface area contributed by atoms with E-state index in [4.69, 9.17) is 17.3 Å². The first-order chi connectivity index (χ1) is 6.59. The van der Waals surface area contributed by atoms with E-state index < -0.39 is 0 Å². The van der Waals surface area contributed by atoms with Gasteiger partial charge in [-0.15, -0.1) is 11.8 Å². The van der Waals surface area contributed by atoms with Crippen LogP contribution < -0.4 is 5.73 Å². The fraction of sp³-hybridized carbons (Fsp3) is 0.455. The van der Waals surface area contributed by atoms with Crippen molar-refractivity contribution in [2.24, 2.45) is 5.92 Å². The molecule has 0 heterocycles. The number of halogens is 1. The van der Waals surface area contributed by atoms with Crippen LogP contribution in [0, 0.1) is 5.92 Å². The molecule has 0 spiro atoms. The SMILES string of the molecule is CC(C)CCSc1cc(N)ccc1Cl. The third kappa shape index (κ3) is 3.81. The van der Waals surface area contributed by atoms with Crippen LogP contribution >= 0.6 is 23.4 Å². The van der Waals surface area contributed by atoms with Crippen LogP contribution in [0.5, 0.6) is 0 Å². The number of thioether (sulfide) groups is 1. The molecule has 0 bridgehead atoms. The molecule has 14 heavy (non-hydrogen) atoms. The van der Waals surface area contributed by atoms with Gasteiger partial charge in [0.2, 0.25) is 0 Å². The van der Waals surface area contributed by atoms with Crippen LogP contribution in [-0.2, 0) is 0 Å². The minimum Gasteiger partial charge on any atom is -0.399 e. The molecule has 3 heteroatoms. The highest BCUT2D eigenvalue weighted by molar-refractivity contribution is 7.99. The Morgan fingerprint density at radius 1 is 1.43 bits per heavy atom. The van der Waals surface area contributed by atoms with E-state index in [0.717, 1.165) is 27.3 Å². The van der Waals surface area contributed by atoms with Gasteiger partial charge < -0.3 is 5.73 Å². The fourth-order valence-corrected chi connectivity index (χ4v) is 2.55. The maximum absolute atomic E-state index is 6.04. The molecule has 0 saturated carbocycles. The Labute approximate surface area is 95.0 Å². The van der Waals surface area contributed by atoms with Gasteiger partial charge in [0, 0.05) is 10.6 Å². The molecule has 0 saturated heterocycles. The molecule has 0 aliphatic heterocycles. The Balaban J connectivity index is 2.53. The van der Waals surface area contributed by atoms with Crippen molar-refractivity contribution in [1.29, 1.82) is 0 Å². The van der Waals surface area contributed by atoms with Crippen LogP contribution in [0.3, 0.4) is 0 Å². The maximum atomic E-state index is 6.04. The quantitative estimate of drug-likeness (QED) is 0.623. The molecule has 0 atom stereocenters. The molecule has 1 nitrogen and oxygen atoms in total. The van der Waals surface area contributed by atoms with Crippen LogP contribution in [0.4, 0.5) is 5.69 Å². The molecule has 0 unspecified atom stereocenters. The Morgan fingerprint density at radius 3 is 2.79 bits per heavy atom. The summed E-state index contributed by atoms with van der Waals surface area (Å²) in [6, 6.07) is 5.62. The number of benzene rings is 1. The van der Waals surface area contributed by atoms with Crippen molar-refractivity contribution in [3.63, 3.8) is 0 Å². The summed E-state index contributed by atoms with van der Waals surface area (Å²) in [6.45, 7) is 4.45. The highest BCUT2D eigenvalue weighted by Crippen LogP contribution is 2.29. The maximum Gasteiger partial charge on any atom is 0.0543 e. The van der Waals surface area contributed by atoms with Gasteiger partial charge in [-0.25, -0.2) is 0 Å². The molecule has 1 rings (SSSR count). The second-order valence-corrected chi connectivity index (χ2v) is 5.26. The van der Waals surface area contributed by atoms with Gasteiger partial charge in [0.1, 0.15) is 0 Å². The van der Waals surface area contributed by atoms with E-state index >= 15 is 0 Å². The molecular weight excluding hydrogens is 214 g/mol. The summed E-state index contributed by atoms with van der Waals surface area (Å²) < 4.78 is 0. The summed E-state index contributed by atoms with van der Waals surface area (Å²) in [6.07, 6.45) is 1.20. The number of anilines is 1. The van der Waals surface area contributed by atoms with Crippen molar-refractivity contribution in [1.82, 2.24) is 0 Å². The Morgan fingerprint density at radius 2 is 2.14 bits per heavy atom. The molecule has 0 aliphatic rings. The van der Waals surface area contributed by atoms with Crippen molar-refractivity contribution < 1.29 is 0 Å². The second kappa shape index (κ2) is 5.52. The predicted molar refractivity (Wildman–Crippen MR) is 66.0 cm³/mol. The van der Waals surface area contributed by atoms with Crippen LogP contribution in [0.15, 0.2) is 23.1 Å². The number of rotatable bonds is 4. The van der Waals surface area contributed by atoms with E-state index in [-0.39, 0.29) is 0 Å². The Bertz CT molecular complexity index is 299. The molecule has 1 aromatic carbocycles. The number of hydrogen-bond acceptors (Lipinski definition) is 2. The molecule has 1 aromatic rings. The summed E-state index contributed by atoms with van der Waals surface area (Å²) in [5.41, 5.74) is 6.47. The summed E-state index contributed by atoms with van der Waals surface area (Å²) in [4.78, 5) is 1.09. The second-order valence-electron chi connectivity index (χ2n) is 3.72. The molecule has 0 aliphatic carbocycles. The molecule has 2 N–H and O–H groups in total. The van der Waals surface area contributed by atoms with E-state index in [1.165, 1.54) is 6.42 Å². The number of nitrogens with two attached hydrogens (primary N) is 1. The van der Waals surface area contributed by atoms with Gasteiger partial charge in [0.05, 0.1) is 5.02 Å². The third-order valence-corrected chi connectivity index (χ3v) is 3.44. The minimum absolute atomic E-state index is 0.738. The van der Waals surface area contributed by atoms with Crippen molar-refractivity contribution in [2.75, 3.05) is 11.5 Å². The minimum atomic E-state index is 0.738. The van der Waals surface area contributed by atoms with Gasteiger partial charge >= 0.3 is 0 Å². The van der Waals surface area contributed by atoms with Crippen LogP contribution in [0.2, 0.25) is 5.02 Å². The highest BCUT2D eigenvalue weighted by Gasteiger charge is 2.02. The average Bonchev–Trinajstić information content (AvgIpc) is 2.10. The lowest BCUT2D eigenvalue weighted by Crippen LogP contribution is -1.90. The Hall–Kier alpha value is -0.340. The largest absolute Gasteiger partial charge is 0.399 e. The van der Waals surface area contributed by atoms with E-state index in [2.05, 4.69) is 13.8 Å². The van der Waals surface area contributed by atoms with Crippen LogP contribution in [-0.4, -0.2) is 5.75 Å². The van der Waals surface area contributed by atoms with E-state index in [1.807, 2.05) is 18.2 Å². The van der Waals surface area contributed by atoms with Crippen molar-refractivity contribution in [3.05, 3.63) is 23.2 Å². The lowest BCUT2D eigenvalue weighted by Gasteiger charge is -2.06. The smallest absolute Gasteiger partial charge is 0.0543 e. The van der Waals surface area contributed by atoms with Crippen LogP contribution in [0.25, 0.3) is 0 Å². The first kappa shape index (κ1) is 11.7. The summed E-state index contributed by atoms with van der Waals surface area (Å²) in [5, 5.41) is 0.799. The zero-order valence-corrected chi connectivity index (χ0v) is 10.2. The van der Waals surface area contributed by atoms with E-state index in [9.17, 15) is 0 Å². The standard InChI is InChI=1S/C11H16ClNS/c1-8(2)5-6-14-11-7-9(13)3-4-10(11)12/h3-4,7-8H,5-6,13H2,1-2H3. The number of nitrogen functional groups attached to an aromatic ring is 1. The van der Waals surface area contributed by atoms with Gasteiger partial charge in [-0.2, -0.15) is 0 Å². The van der Waals surface area contributed by atoms with Crippen molar-refractivity contribution >= 4 is 29.1 Å². The van der Waals surface area contributed by atoms with E-state index in [0.29, 0.717) is 0 Å². The monoisotopic (exact) mass is 229 g/mol. The highest BCUT2D eigenvalue weighted by atomic mass is 35.5. The van der Waals surface area contributed by atoms with Crippen molar-refractivity contribution in [3.8, 4) is 0 Å². The molecule has 78 valence electrons. The molecular formula is C11H16ClNS. The zero-order valence-electron chi connectivity index (χ0n) is 8.59. The fourth-order valence-electron chi connectivity index (χ4n) is 1.04. The van der Waals surface area contributed by atoms with Gasteiger partial charge in [-0.1, -0.05) is 25.4 Å². The normalized spacial score (nSPS) is 10.9. The molecule has 0 fully saturated rings. The van der Waals surface area contributed by atoms with Crippen molar-refractivity contribution in [2.45, 2.75) is 25.2 Å². The predicted octanol–water partition coefficient (Wildman–Crippen LogP) is 4.06. The van der Waals surface area contributed by atoms with Gasteiger partial charge in [0.15, 0.2) is 0 Å². The van der Waals surface area contributed by atoms with Gasteiger partial charge in [-0.3, -0.25) is 0 Å². The van der Waals surface area contributed by atoms with E-state index in [1.54, 1.807) is 11.8 Å². The average molecular weight is 230 g/mol. The zero-order chi connectivity index (χ0) is 10.6.